The molecule has 0 atom stereocenters. The van der Waals surface area contributed by atoms with Gasteiger partial charge in [0.05, 0.1) is 0 Å². The van der Waals surface area contributed by atoms with Gasteiger partial charge >= 0.3 is 0 Å². The summed E-state index contributed by atoms with van der Waals surface area (Å²) in [7, 11) is 0. The third kappa shape index (κ3) is 1.78. The molecule has 0 aliphatic rings. The van der Waals surface area contributed by atoms with Gasteiger partial charge in [-0.15, -0.1) is 0 Å². The molecule has 0 heterocycles. The molecule has 0 unspecified atom stereocenters. The number of hydrogen-bond donors (Lipinski definition) is 1. The van der Waals surface area contributed by atoms with Gasteiger partial charge in [-0.1, -0.05) is 25.1 Å². The molecule has 1 rings (SSSR count). The van der Waals surface area contributed by atoms with Gasteiger partial charge in [-0.2, -0.15) is 0 Å². The molecule has 0 bridgehead atoms. The molecule has 2 nitrogen and oxygen atoms in total. The molecule has 1 radical (unpaired) electrons. The Labute approximate surface area is 71.7 Å². The maximum atomic E-state index is 11.1. The smallest absolute Gasteiger partial charge is 0.180 e. The van der Waals surface area contributed by atoms with Crippen molar-refractivity contribution in [3.63, 3.8) is 0 Å². The van der Waals surface area contributed by atoms with E-state index in [9.17, 15) is 4.79 Å². The van der Waals surface area contributed by atoms with E-state index in [0.717, 1.165) is 0 Å². The van der Waals surface area contributed by atoms with Crippen LogP contribution in [0.25, 0.3) is 0 Å². The molecule has 0 spiro atoms. The summed E-state index contributed by atoms with van der Waals surface area (Å²) in [6.45, 7) is 1.75. The quantitative estimate of drug-likeness (QED) is 0.673. The van der Waals surface area contributed by atoms with Crippen molar-refractivity contribution < 1.29 is 4.79 Å². The number of carbonyl (C=O) groups is 1. The zero-order valence-corrected chi connectivity index (χ0v) is 6.92. The van der Waals surface area contributed by atoms with Crippen LogP contribution in [-0.2, 0) is 4.79 Å². The van der Waals surface area contributed by atoms with Crippen LogP contribution < -0.4 is 0 Å². The topological polar surface area (TPSA) is 40.9 Å². The third-order valence-electron chi connectivity index (χ3n) is 1.60. The van der Waals surface area contributed by atoms with Gasteiger partial charge in [0.25, 0.3) is 0 Å². The van der Waals surface area contributed by atoms with Crippen LogP contribution >= 0.6 is 0 Å². The Balaban J connectivity index is 2.86. The summed E-state index contributed by atoms with van der Waals surface area (Å²) in [6.07, 6.45) is 0.383. The Morgan fingerprint density at radius 1 is 1.67 bits per heavy atom. The van der Waals surface area contributed by atoms with Gasteiger partial charge in [0.2, 0.25) is 0 Å². The standard InChI is InChI=1S/C10H10NO/c1-2-9(12)10(11)8-6-4-3-5-7-8/h3-4,6-7,11H,2H2,1H3. The molecule has 0 aliphatic heterocycles. The highest BCUT2D eigenvalue weighted by atomic mass is 16.1. The largest absolute Gasteiger partial charge is 0.297 e. The second-order valence-electron chi connectivity index (χ2n) is 2.44. The number of carbonyl (C=O) groups excluding carboxylic acids is 1. The van der Waals surface area contributed by atoms with Gasteiger partial charge in [-0.25, -0.2) is 0 Å². The zero-order valence-electron chi connectivity index (χ0n) is 6.92. The summed E-state index contributed by atoms with van der Waals surface area (Å²) in [5.41, 5.74) is 0.721. The van der Waals surface area contributed by atoms with Crippen molar-refractivity contribution in [1.29, 1.82) is 5.41 Å². The van der Waals surface area contributed by atoms with Crippen molar-refractivity contribution >= 4 is 11.5 Å². The second kappa shape index (κ2) is 3.81. The van der Waals surface area contributed by atoms with Gasteiger partial charge < -0.3 is 0 Å². The Hall–Kier alpha value is -1.44. The van der Waals surface area contributed by atoms with Crippen molar-refractivity contribution in [2.45, 2.75) is 13.3 Å². The molecular weight excluding hydrogens is 150 g/mol. The van der Waals surface area contributed by atoms with Gasteiger partial charge in [0.15, 0.2) is 5.78 Å². The first kappa shape index (κ1) is 8.65. The minimum Gasteiger partial charge on any atom is -0.297 e. The highest BCUT2D eigenvalue weighted by Gasteiger charge is 2.07. The van der Waals surface area contributed by atoms with Gasteiger partial charge in [0, 0.05) is 12.0 Å². The van der Waals surface area contributed by atoms with E-state index >= 15 is 0 Å². The molecule has 0 aliphatic carbocycles. The molecule has 0 saturated carbocycles. The molecule has 0 aromatic heterocycles. The number of rotatable bonds is 3. The predicted molar refractivity (Wildman–Crippen MR) is 47.4 cm³/mol. The number of hydrogen-bond acceptors (Lipinski definition) is 2. The van der Waals surface area contributed by atoms with E-state index < -0.39 is 0 Å². The van der Waals surface area contributed by atoms with Crippen LogP contribution in [0.5, 0.6) is 0 Å². The molecule has 1 N–H and O–H groups in total. The highest BCUT2D eigenvalue weighted by Crippen LogP contribution is 2.01. The Morgan fingerprint density at radius 3 is 2.92 bits per heavy atom. The molecule has 12 heavy (non-hydrogen) atoms. The van der Waals surface area contributed by atoms with Crippen LogP contribution in [0.1, 0.15) is 18.9 Å². The Kier molecular flexibility index (Phi) is 2.75. The van der Waals surface area contributed by atoms with Crippen LogP contribution in [0, 0.1) is 11.5 Å². The fourth-order valence-corrected chi connectivity index (χ4v) is 0.887. The average molecular weight is 160 g/mol. The third-order valence-corrected chi connectivity index (χ3v) is 1.60. The lowest BCUT2D eigenvalue weighted by atomic mass is 10.1. The van der Waals surface area contributed by atoms with Gasteiger partial charge in [-0.3, -0.25) is 10.2 Å². The minimum absolute atomic E-state index is 0.0781. The highest BCUT2D eigenvalue weighted by molar-refractivity contribution is 6.44. The zero-order chi connectivity index (χ0) is 8.97. The van der Waals surface area contributed by atoms with Crippen LogP contribution in [0.2, 0.25) is 0 Å². The Bertz CT molecular complexity index is 290. The summed E-state index contributed by atoms with van der Waals surface area (Å²) in [4.78, 5) is 11.1. The number of nitrogens with one attached hydrogen (secondary N) is 1. The molecule has 1 aromatic carbocycles. The van der Waals surface area contributed by atoms with E-state index in [-0.39, 0.29) is 11.5 Å². The first-order valence-electron chi connectivity index (χ1n) is 3.84. The van der Waals surface area contributed by atoms with Crippen LogP contribution in [0.15, 0.2) is 24.3 Å². The summed E-state index contributed by atoms with van der Waals surface area (Å²) in [6, 6.07) is 9.73. The second-order valence-corrected chi connectivity index (χ2v) is 2.44. The van der Waals surface area contributed by atoms with E-state index in [4.69, 9.17) is 5.41 Å². The van der Waals surface area contributed by atoms with Crippen LogP contribution in [-0.4, -0.2) is 11.5 Å². The van der Waals surface area contributed by atoms with Gasteiger partial charge in [-0.05, 0) is 12.1 Å². The lowest BCUT2D eigenvalue weighted by Gasteiger charge is -1.99. The number of Topliss-reactive ketones (excluding diaryl/α,β-unsaturated/α-hetero) is 1. The van der Waals surface area contributed by atoms with E-state index in [1.807, 2.05) is 0 Å². The lowest BCUT2D eigenvalue weighted by molar-refractivity contribution is -0.112. The fraction of sp³-hybridized carbons (Fsp3) is 0.200. The maximum absolute atomic E-state index is 11.1. The van der Waals surface area contributed by atoms with Gasteiger partial charge in [0.1, 0.15) is 5.71 Å². The number of benzene rings is 1. The Morgan fingerprint density at radius 2 is 2.42 bits per heavy atom. The van der Waals surface area contributed by atoms with E-state index in [1.165, 1.54) is 0 Å². The summed E-state index contributed by atoms with van der Waals surface area (Å²) < 4.78 is 0. The number of ketones is 1. The van der Waals surface area contributed by atoms with Crippen LogP contribution in [0.3, 0.4) is 0 Å². The molecule has 61 valence electrons. The fourth-order valence-electron chi connectivity index (χ4n) is 0.887. The first-order valence-corrected chi connectivity index (χ1v) is 3.84. The van der Waals surface area contributed by atoms with Crippen molar-refractivity contribution in [3.05, 3.63) is 35.9 Å². The van der Waals surface area contributed by atoms with Crippen molar-refractivity contribution in [1.82, 2.24) is 0 Å². The lowest BCUT2D eigenvalue weighted by Crippen LogP contribution is -2.12. The molecule has 1 aromatic rings. The van der Waals surface area contributed by atoms with E-state index in [2.05, 4.69) is 6.07 Å². The molecule has 0 amide bonds. The molecular formula is C10H10NO. The SMILES string of the molecule is CCC(=O)C(=N)c1c[c]ccc1. The normalized spacial score (nSPS) is 9.42. The van der Waals surface area contributed by atoms with Crippen molar-refractivity contribution in [2.75, 3.05) is 0 Å². The maximum Gasteiger partial charge on any atom is 0.180 e. The first-order chi connectivity index (χ1) is 5.75. The minimum atomic E-state index is -0.130. The summed E-state index contributed by atoms with van der Waals surface area (Å²) in [5.74, 6) is -0.130. The summed E-state index contributed by atoms with van der Waals surface area (Å²) in [5, 5.41) is 7.47. The predicted octanol–water partition coefficient (Wildman–Crippen LogP) is 1.83. The molecule has 2 heteroatoms. The summed E-state index contributed by atoms with van der Waals surface area (Å²) >= 11 is 0. The monoisotopic (exact) mass is 160 g/mol. The van der Waals surface area contributed by atoms with Crippen molar-refractivity contribution in [2.24, 2.45) is 0 Å². The van der Waals surface area contributed by atoms with Crippen molar-refractivity contribution in [3.8, 4) is 0 Å². The average Bonchev–Trinajstić information content (AvgIpc) is 2.17. The molecule has 0 fully saturated rings. The van der Waals surface area contributed by atoms with Crippen LogP contribution in [0.4, 0.5) is 0 Å². The van der Waals surface area contributed by atoms with E-state index in [0.29, 0.717) is 12.0 Å². The van der Waals surface area contributed by atoms with E-state index in [1.54, 1.807) is 31.2 Å². The molecule has 0 saturated heterocycles.